The number of aromatic nitrogens is 6. The van der Waals surface area contributed by atoms with Crippen molar-refractivity contribution in [1.82, 2.24) is 29.8 Å². The Hall–Kier alpha value is -5.90. The zero-order valence-corrected chi connectivity index (χ0v) is 23.9. The lowest BCUT2D eigenvalue weighted by Gasteiger charge is -2.12. The monoisotopic (exact) mass is 617 g/mol. The first-order chi connectivity index (χ1) is 21.9. The second-order valence-corrected chi connectivity index (χ2v) is 9.32. The van der Waals surface area contributed by atoms with Crippen LogP contribution in [0.1, 0.15) is 22.8 Å². The van der Waals surface area contributed by atoms with Crippen molar-refractivity contribution >= 4 is 23.1 Å². The summed E-state index contributed by atoms with van der Waals surface area (Å²) in [4.78, 5) is 43.7. The second kappa shape index (κ2) is 14.0. The van der Waals surface area contributed by atoms with Crippen LogP contribution in [0.3, 0.4) is 0 Å². The number of carbonyl (C=O) groups excluding carboxylic acids is 1. The zero-order chi connectivity index (χ0) is 31.8. The molecule has 0 unspecified atom stereocenters. The Morgan fingerprint density at radius 2 is 1.71 bits per heavy atom. The molecule has 0 bridgehead atoms. The number of carboxylic acid groups (broad SMARTS) is 1. The number of benzene rings is 3. The number of nitrogens with zero attached hydrogens (tertiary/aromatic N) is 7. The van der Waals surface area contributed by atoms with Crippen molar-refractivity contribution in [3.8, 4) is 28.5 Å². The number of rotatable bonds is 14. The van der Waals surface area contributed by atoms with Crippen molar-refractivity contribution in [2.24, 2.45) is 0 Å². The van der Waals surface area contributed by atoms with Crippen molar-refractivity contribution in [3.05, 3.63) is 88.0 Å². The summed E-state index contributed by atoms with van der Waals surface area (Å²) in [6, 6.07) is 20.3. The fourth-order valence-corrected chi connectivity index (χ4v) is 4.54. The summed E-state index contributed by atoms with van der Waals surface area (Å²) < 4.78 is 17.6. The molecule has 0 radical (unpaired) electrons. The molecule has 1 N–H and O–H groups in total. The van der Waals surface area contributed by atoms with E-state index < -0.39 is 17.1 Å². The maximum absolute atomic E-state index is 12.4. The first-order valence-electron chi connectivity index (χ1n) is 13.7. The molecule has 0 aliphatic rings. The molecule has 0 spiro atoms. The minimum absolute atomic E-state index is 0.00205. The minimum atomic E-state index is -1.05. The number of carboxylic acids is 1. The van der Waals surface area contributed by atoms with Crippen LogP contribution in [-0.2, 0) is 20.9 Å². The van der Waals surface area contributed by atoms with Crippen molar-refractivity contribution in [2.75, 3.05) is 33.0 Å². The summed E-state index contributed by atoms with van der Waals surface area (Å²) >= 11 is 0. The average Bonchev–Trinajstić information content (AvgIpc) is 3.66. The molecule has 0 amide bonds. The van der Waals surface area contributed by atoms with Gasteiger partial charge in [-0.2, -0.15) is 4.98 Å². The lowest BCUT2D eigenvalue weighted by atomic mass is 9.98. The van der Waals surface area contributed by atoms with Gasteiger partial charge in [0.1, 0.15) is 13.2 Å². The van der Waals surface area contributed by atoms with E-state index in [-0.39, 0.29) is 37.8 Å². The van der Waals surface area contributed by atoms with E-state index in [4.69, 9.17) is 14.2 Å². The summed E-state index contributed by atoms with van der Waals surface area (Å²) in [5.41, 5.74) is 4.29. The van der Waals surface area contributed by atoms with Gasteiger partial charge in [-0.25, -0.2) is 9.59 Å². The lowest BCUT2D eigenvalue weighted by Crippen LogP contribution is -2.20. The van der Waals surface area contributed by atoms with Gasteiger partial charge in [0.25, 0.3) is 11.1 Å². The zero-order valence-electron chi connectivity index (χ0n) is 23.9. The third kappa shape index (κ3) is 7.19. The number of tetrazole rings is 1. The third-order valence-corrected chi connectivity index (χ3v) is 6.46. The predicted octanol–water partition coefficient (Wildman–Crippen LogP) is 3.71. The van der Waals surface area contributed by atoms with Crippen LogP contribution in [-0.4, -0.2) is 85.0 Å². The van der Waals surface area contributed by atoms with E-state index in [0.29, 0.717) is 35.8 Å². The van der Waals surface area contributed by atoms with Crippen LogP contribution in [0.15, 0.2) is 66.7 Å². The molecule has 0 fully saturated rings. The van der Waals surface area contributed by atoms with Gasteiger partial charge in [-0.05, 0) is 41.0 Å². The number of aromatic carboxylic acids is 1. The molecule has 232 valence electrons. The summed E-state index contributed by atoms with van der Waals surface area (Å²) in [7, 11) is 0. The molecule has 5 aromatic rings. The molecular weight excluding hydrogens is 590 g/mol. The molecule has 2 heterocycles. The molecule has 2 aromatic heterocycles. The van der Waals surface area contributed by atoms with E-state index in [2.05, 4.69) is 25.2 Å². The Labute approximate surface area is 254 Å². The van der Waals surface area contributed by atoms with Gasteiger partial charge in [0.05, 0.1) is 43.0 Å². The smallest absolute Gasteiger partial charge is 0.453 e. The number of hydrogen-bond acceptors (Lipinski definition) is 12. The molecule has 0 aliphatic carbocycles. The maximum Gasteiger partial charge on any atom is 0.453 e. The fourth-order valence-electron chi connectivity index (χ4n) is 4.54. The van der Waals surface area contributed by atoms with Crippen LogP contribution in [0, 0.1) is 10.1 Å². The normalized spacial score (nSPS) is 11.0. The second-order valence-electron chi connectivity index (χ2n) is 9.32. The van der Waals surface area contributed by atoms with Crippen molar-refractivity contribution in [2.45, 2.75) is 13.5 Å². The van der Waals surface area contributed by atoms with Crippen LogP contribution >= 0.6 is 0 Å². The highest BCUT2D eigenvalue weighted by atomic mass is 17.0. The Morgan fingerprint density at radius 1 is 0.956 bits per heavy atom. The number of imidazole rings is 1. The van der Waals surface area contributed by atoms with Crippen LogP contribution < -0.4 is 4.74 Å². The van der Waals surface area contributed by atoms with E-state index in [0.717, 1.165) is 21.5 Å². The summed E-state index contributed by atoms with van der Waals surface area (Å²) in [6.07, 6.45) is -0.870. The Bertz CT molecular complexity index is 1820. The molecule has 0 aliphatic heterocycles. The van der Waals surface area contributed by atoms with Crippen LogP contribution in [0.4, 0.5) is 4.79 Å². The van der Waals surface area contributed by atoms with Gasteiger partial charge in [-0.3, -0.25) is 4.57 Å². The molecule has 45 heavy (non-hydrogen) atoms. The van der Waals surface area contributed by atoms with Crippen molar-refractivity contribution < 1.29 is 38.8 Å². The van der Waals surface area contributed by atoms with E-state index in [1.165, 1.54) is 6.07 Å². The van der Waals surface area contributed by atoms with E-state index in [1.807, 2.05) is 49.4 Å². The van der Waals surface area contributed by atoms with Gasteiger partial charge in [-0.1, -0.05) is 59.4 Å². The molecule has 0 saturated heterocycles. The van der Waals surface area contributed by atoms with Gasteiger partial charge in [0.2, 0.25) is 5.82 Å². The van der Waals surface area contributed by atoms with E-state index in [1.54, 1.807) is 22.8 Å². The van der Waals surface area contributed by atoms with Gasteiger partial charge in [0.15, 0.2) is 0 Å². The van der Waals surface area contributed by atoms with Gasteiger partial charge < -0.3 is 24.2 Å². The van der Waals surface area contributed by atoms with Crippen LogP contribution in [0.2, 0.25) is 0 Å². The van der Waals surface area contributed by atoms with Gasteiger partial charge in [-0.15, -0.1) is 20.3 Å². The predicted molar refractivity (Wildman–Crippen MR) is 156 cm³/mol. The minimum Gasteiger partial charge on any atom is -0.478 e. The van der Waals surface area contributed by atoms with Crippen LogP contribution in [0.25, 0.3) is 33.5 Å². The highest BCUT2D eigenvalue weighted by Gasteiger charge is 2.20. The van der Waals surface area contributed by atoms with E-state index >= 15 is 0 Å². The number of hydrogen-bond donors (Lipinski definition) is 1. The Morgan fingerprint density at radius 3 is 2.44 bits per heavy atom. The first-order valence-corrected chi connectivity index (χ1v) is 13.7. The van der Waals surface area contributed by atoms with Gasteiger partial charge in [0, 0.05) is 5.56 Å². The standard InChI is InChI=1S/C29H27N7O9/c1-2-43-28-30-24-9-5-8-23(27(37)38)25(24)34(28)18-19-10-12-20(13-11-19)21-6-3-4-7-22(21)26-31-33-35(32-26)29(39)44-16-14-42-15-17-45-36(40)41/h3-13H,2,14-18H2,1H3,(H,37,38). The summed E-state index contributed by atoms with van der Waals surface area (Å²) in [6.45, 7) is 2.13. The highest BCUT2D eigenvalue weighted by molar-refractivity contribution is 6.01. The lowest BCUT2D eigenvalue weighted by molar-refractivity contribution is -0.758. The molecule has 3 aromatic carbocycles. The number of fused-ring (bicyclic) bond motifs is 1. The molecular formula is C29H27N7O9. The van der Waals surface area contributed by atoms with Gasteiger partial charge >= 0.3 is 12.1 Å². The van der Waals surface area contributed by atoms with Crippen molar-refractivity contribution in [1.29, 1.82) is 0 Å². The quantitative estimate of drug-likeness (QED) is 0.108. The molecule has 0 saturated carbocycles. The topological polar surface area (TPSA) is 196 Å². The van der Waals surface area contributed by atoms with Crippen LogP contribution in [0.5, 0.6) is 6.01 Å². The fraction of sp³-hybridized carbons (Fsp3) is 0.241. The number of para-hydroxylation sites is 1. The third-order valence-electron chi connectivity index (χ3n) is 6.46. The Balaban J connectivity index is 1.30. The highest BCUT2D eigenvalue weighted by Crippen LogP contribution is 2.31. The molecule has 16 nitrogen and oxygen atoms in total. The molecule has 0 atom stereocenters. The number of ether oxygens (including phenoxy) is 3. The maximum atomic E-state index is 12.4. The first kappa shape index (κ1) is 30.6. The molecule has 5 rings (SSSR count). The Kier molecular flexibility index (Phi) is 9.54. The largest absolute Gasteiger partial charge is 0.478 e. The number of carbonyl (C=O) groups is 2. The summed E-state index contributed by atoms with van der Waals surface area (Å²) in [5.74, 6) is -0.852. The average molecular weight is 618 g/mol. The van der Waals surface area contributed by atoms with Crippen molar-refractivity contribution in [3.63, 3.8) is 0 Å². The SMILES string of the molecule is CCOc1nc2cccc(C(=O)O)c2n1Cc1ccc(-c2ccccc2-c2nnn(C(=O)OCCOCCO[N+](=O)[O-])n2)cc1. The summed E-state index contributed by atoms with van der Waals surface area (Å²) in [5, 5.41) is 31.0. The van der Waals surface area contributed by atoms with E-state index in [9.17, 15) is 24.8 Å². The molecule has 16 heteroatoms.